The second kappa shape index (κ2) is 26.2. The summed E-state index contributed by atoms with van der Waals surface area (Å²) in [5.41, 5.74) is 0. The third kappa shape index (κ3) is 10.0. The van der Waals surface area contributed by atoms with E-state index < -0.39 is 0 Å². The summed E-state index contributed by atoms with van der Waals surface area (Å²) >= 11 is 0. The van der Waals surface area contributed by atoms with Crippen molar-refractivity contribution in [2.24, 2.45) is 0 Å². The van der Waals surface area contributed by atoms with Crippen molar-refractivity contribution in [3.05, 3.63) is 0 Å². The molecule has 0 saturated carbocycles. The van der Waals surface area contributed by atoms with Gasteiger partial charge in [-0.1, -0.05) is 0 Å². The monoisotopic (exact) mass is 121 g/mol. The van der Waals surface area contributed by atoms with Gasteiger partial charge in [-0.2, -0.15) is 13.5 Å². The number of halogens is 1. The minimum absolute atomic E-state index is 0. The molecule has 0 heterocycles. The Bertz CT molecular complexity index is 8.00. The van der Waals surface area contributed by atoms with E-state index in [9.17, 15) is 0 Å². The Kier molecular flexibility index (Phi) is 354. The topological polar surface area (TPSA) is 0 Å². The van der Waals surface area contributed by atoms with Gasteiger partial charge in [-0.3, -0.25) is 4.70 Å². The Hall–Kier alpha value is 1.38. The molecule has 0 N–H and O–H groups in total. The molecule has 0 amide bonds. The molecule has 0 nitrogen and oxygen atoms in total. The molecule has 0 spiro atoms. The van der Waals surface area contributed by atoms with E-state index in [1.807, 2.05) is 0 Å². The normalized spacial score (nSPS) is 0. The molecule has 0 fully saturated rings. The van der Waals surface area contributed by atoms with E-state index in [0.29, 0.717) is 0 Å². The average molecular weight is 121 g/mol. The molecule has 0 aromatic carbocycles. The number of rotatable bonds is 0. The van der Waals surface area contributed by atoms with Crippen LogP contribution in [-0.2, 0) is 16.8 Å². The van der Waals surface area contributed by atoms with E-state index in [-0.39, 0.29) is 53.8 Å². The van der Waals surface area contributed by atoms with Crippen molar-refractivity contribution in [2.75, 3.05) is 0 Å². The van der Waals surface area contributed by atoms with Crippen LogP contribution in [0.15, 0.2) is 0 Å². The zero-order valence-corrected chi connectivity index (χ0v) is 3.28. The quantitative estimate of drug-likeness (QED) is 0.383. The summed E-state index contributed by atoms with van der Waals surface area (Å²) in [6.45, 7) is 0. The first-order chi connectivity index (χ1) is 0. The van der Waals surface area contributed by atoms with Crippen molar-refractivity contribution in [1.29, 1.82) is 0 Å². The summed E-state index contributed by atoms with van der Waals surface area (Å²) in [5.74, 6) is 0. The second-order valence-electron chi connectivity index (χ2n) is 0. The van der Waals surface area contributed by atoms with Gasteiger partial charge in [0.15, 0.2) is 0 Å². The molecule has 4 heteroatoms. The van der Waals surface area contributed by atoms with E-state index in [4.69, 9.17) is 0 Å². The van der Waals surface area contributed by atoms with Crippen LogP contribution in [0.4, 0.5) is 4.70 Å². The molecule has 0 aromatic heterocycles. The van der Waals surface area contributed by atoms with Crippen LogP contribution in [0.3, 0.4) is 0 Å². The van der Waals surface area contributed by atoms with Crippen molar-refractivity contribution in [3.63, 3.8) is 0 Å². The Morgan fingerprint density at radius 3 is 1.00 bits per heavy atom. The first-order valence-corrected chi connectivity index (χ1v) is 0. The van der Waals surface area contributed by atoms with E-state index in [2.05, 4.69) is 0 Å². The van der Waals surface area contributed by atoms with E-state index in [0.717, 1.165) is 0 Å². The fraction of sp³-hybridized carbons (Fsp3) is 0. The molecule has 0 bridgehead atoms. The SMILES string of the molecule is F.S.[Co].[LiH]. The molecule has 0 aliphatic heterocycles. The zero-order chi connectivity index (χ0) is 0. The van der Waals surface area contributed by atoms with Gasteiger partial charge in [-0.05, 0) is 0 Å². The molecule has 27 valence electrons. The summed E-state index contributed by atoms with van der Waals surface area (Å²) in [4.78, 5) is 0. The molecular formula is H4CoFLiS. The fourth-order valence-corrected chi connectivity index (χ4v) is 0. The first kappa shape index (κ1) is 54.0. The summed E-state index contributed by atoms with van der Waals surface area (Å²) in [6.07, 6.45) is 0. The van der Waals surface area contributed by atoms with Gasteiger partial charge in [0.2, 0.25) is 0 Å². The molecule has 1 radical (unpaired) electrons. The van der Waals surface area contributed by atoms with E-state index >= 15 is 0 Å². The predicted molar refractivity (Wildman–Crippen MR) is 20.0 cm³/mol. The Morgan fingerprint density at radius 2 is 1.00 bits per heavy atom. The van der Waals surface area contributed by atoms with Crippen molar-refractivity contribution < 1.29 is 21.5 Å². The maximum absolute atomic E-state index is 0. The van der Waals surface area contributed by atoms with Gasteiger partial charge in [-0.25, -0.2) is 0 Å². The zero-order valence-electron chi connectivity index (χ0n) is 1.24. The standard InChI is InChI=1S/Co.FH.Li.H2S.H/h;1H;;1H2;. The van der Waals surface area contributed by atoms with E-state index in [1.165, 1.54) is 0 Å². The van der Waals surface area contributed by atoms with Crippen LogP contribution in [0, 0.1) is 0 Å². The molecule has 0 aliphatic rings. The second-order valence-corrected chi connectivity index (χ2v) is 0. The van der Waals surface area contributed by atoms with Gasteiger partial charge in [-0.15, -0.1) is 0 Å². The molecule has 0 saturated heterocycles. The Morgan fingerprint density at radius 1 is 1.00 bits per heavy atom. The average Bonchev–Trinajstić information content (AvgIpc) is 0. The van der Waals surface area contributed by atoms with Crippen LogP contribution in [-0.4, -0.2) is 18.9 Å². The molecule has 0 unspecified atom stereocenters. The maximum atomic E-state index is 0. The van der Waals surface area contributed by atoms with Crippen LogP contribution >= 0.6 is 13.5 Å². The minimum atomic E-state index is 0. The van der Waals surface area contributed by atoms with Crippen molar-refractivity contribution in [3.8, 4) is 0 Å². The molecule has 4 heavy (non-hydrogen) atoms. The Labute approximate surface area is 53.9 Å². The third-order valence-electron chi connectivity index (χ3n) is 0. The van der Waals surface area contributed by atoms with Crippen LogP contribution in [0.5, 0.6) is 0 Å². The van der Waals surface area contributed by atoms with E-state index in [1.54, 1.807) is 0 Å². The molecule has 0 aliphatic carbocycles. The summed E-state index contributed by atoms with van der Waals surface area (Å²) in [7, 11) is 0. The predicted octanol–water partition coefficient (Wildman–Crippen LogP) is -0.386. The van der Waals surface area contributed by atoms with Crippen molar-refractivity contribution in [1.82, 2.24) is 0 Å². The van der Waals surface area contributed by atoms with Crippen molar-refractivity contribution >= 4 is 32.4 Å². The first-order valence-electron chi connectivity index (χ1n) is 0. The molecule has 0 aromatic rings. The summed E-state index contributed by atoms with van der Waals surface area (Å²) in [5, 5.41) is 0. The van der Waals surface area contributed by atoms with Gasteiger partial charge >= 0.3 is 18.9 Å². The summed E-state index contributed by atoms with van der Waals surface area (Å²) in [6, 6.07) is 0. The molecule has 0 atom stereocenters. The van der Waals surface area contributed by atoms with Crippen LogP contribution < -0.4 is 0 Å². The van der Waals surface area contributed by atoms with Crippen LogP contribution in [0.1, 0.15) is 0 Å². The van der Waals surface area contributed by atoms with Gasteiger partial charge in [0.05, 0.1) is 0 Å². The number of hydrogen-bond donors (Lipinski definition) is 0. The fourth-order valence-electron chi connectivity index (χ4n) is 0. The van der Waals surface area contributed by atoms with Gasteiger partial charge < -0.3 is 0 Å². The Balaban J connectivity index is 0. The number of hydrogen-bond acceptors (Lipinski definition) is 0. The summed E-state index contributed by atoms with van der Waals surface area (Å²) < 4.78 is 0. The third-order valence-corrected chi connectivity index (χ3v) is 0. The molecular weight excluding hydrogens is 117 g/mol. The molecule has 0 rings (SSSR count). The van der Waals surface area contributed by atoms with Crippen LogP contribution in [0.2, 0.25) is 0 Å². The van der Waals surface area contributed by atoms with Gasteiger partial charge in [0.1, 0.15) is 0 Å². The van der Waals surface area contributed by atoms with Gasteiger partial charge in [0.25, 0.3) is 0 Å². The van der Waals surface area contributed by atoms with Crippen LogP contribution in [0.25, 0.3) is 0 Å². The van der Waals surface area contributed by atoms with Gasteiger partial charge in [0, 0.05) is 16.8 Å². The van der Waals surface area contributed by atoms with Crippen molar-refractivity contribution in [2.45, 2.75) is 0 Å².